The molecule has 4 nitrogen and oxygen atoms in total. The van der Waals surface area contributed by atoms with E-state index in [1.165, 1.54) is 6.07 Å². The molecule has 0 radical (unpaired) electrons. The summed E-state index contributed by atoms with van der Waals surface area (Å²) in [6, 6.07) is 3.62. The van der Waals surface area contributed by atoms with Gasteiger partial charge in [-0.05, 0) is 31.2 Å². The van der Waals surface area contributed by atoms with Crippen molar-refractivity contribution < 1.29 is 12.8 Å². The molecule has 0 saturated heterocycles. The summed E-state index contributed by atoms with van der Waals surface area (Å²) in [6.45, 7) is 5.00. The highest BCUT2D eigenvalue weighted by Gasteiger charge is 2.17. The van der Waals surface area contributed by atoms with Crippen molar-refractivity contribution in [2.24, 2.45) is 0 Å². The minimum Gasteiger partial charge on any atom is -0.314 e. The highest BCUT2D eigenvalue weighted by atomic mass is 35.5. The van der Waals surface area contributed by atoms with E-state index < -0.39 is 15.8 Å². The molecular weight excluding hydrogens is 291 g/mol. The van der Waals surface area contributed by atoms with Crippen molar-refractivity contribution in [1.29, 1.82) is 0 Å². The standard InChI is InChI=1S/C12H18ClFN2O2S/c1-9(2)15-6-3-7-16-19(17,18)12-8-10(14)4-5-11(12)13/h4-5,8-9,15-16H,3,6-7H2,1-2H3. The second kappa shape index (κ2) is 7.19. The van der Waals surface area contributed by atoms with E-state index in [9.17, 15) is 12.8 Å². The van der Waals surface area contributed by atoms with Crippen LogP contribution in [0.4, 0.5) is 4.39 Å². The van der Waals surface area contributed by atoms with Gasteiger partial charge in [-0.2, -0.15) is 0 Å². The predicted molar refractivity (Wildman–Crippen MR) is 74.4 cm³/mol. The SMILES string of the molecule is CC(C)NCCCNS(=O)(=O)c1cc(F)ccc1Cl. The van der Waals surface area contributed by atoms with Gasteiger partial charge in [0.15, 0.2) is 0 Å². The van der Waals surface area contributed by atoms with Gasteiger partial charge < -0.3 is 5.32 Å². The van der Waals surface area contributed by atoms with Crippen molar-refractivity contribution in [3.8, 4) is 0 Å². The zero-order valence-corrected chi connectivity index (χ0v) is 12.5. The van der Waals surface area contributed by atoms with Gasteiger partial charge in [-0.1, -0.05) is 25.4 Å². The van der Waals surface area contributed by atoms with Crippen LogP contribution in [0, 0.1) is 5.82 Å². The molecule has 0 aliphatic carbocycles. The Hall–Kier alpha value is -0.690. The number of hydrogen-bond acceptors (Lipinski definition) is 3. The lowest BCUT2D eigenvalue weighted by molar-refractivity contribution is 0.553. The number of hydrogen-bond donors (Lipinski definition) is 2. The lowest BCUT2D eigenvalue weighted by Gasteiger charge is -2.10. The summed E-state index contributed by atoms with van der Waals surface area (Å²) in [6.07, 6.45) is 0.643. The average Bonchev–Trinajstić information content (AvgIpc) is 2.31. The lowest BCUT2D eigenvalue weighted by atomic mass is 10.3. The maximum atomic E-state index is 13.0. The molecule has 1 rings (SSSR count). The first-order valence-corrected chi connectivity index (χ1v) is 7.87. The summed E-state index contributed by atoms with van der Waals surface area (Å²) >= 11 is 5.76. The maximum absolute atomic E-state index is 13.0. The van der Waals surface area contributed by atoms with E-state index in [1.54, 1.807) is 0 Å². The van der Waals surface area contributed by atoms with Gasteiger partial charge >= 0.3 is 0 Å². The smallest absolute Gasteiger partial charge is 0.242 e. The molecule has 0 unspecified atom stereocenters. The second-order valence-electron chi connectivity index (χ2n) is 4.43. The van der Waals surface area contributed by atoms with Gasteiger partial charge in [0.25, 0.3) is 0 Å². The Bertz CT molecular complexity index is 520. The first-order valence-electron chi connectivity index (χ1n) is 6.01. The minimum absolute atomic E-state index is 0.00852. The highest BCUT2D eigenvalue weighted by Crippen LogP contribution is 2.21. The fourth-order valence-electron chi connectivity index (χ4n) is 1.45. The van der Waals surface area contributed by atoms with Crippen LogP contribution in [0.15, 0.2) is 23.1 Å². The van der Waals surface area contributed by atoms with Crippen molar-refractivity contribution in [3.05, 3.63) is 29.0 Å². The molecule has 0 saturated carbocycles. The molecule has 0 atom stereocenters. The normalized spacial score (nSPS) is 12.1. The third kappa shape index (κ3) is 5.44. The number of benzene rings is 1. The van der Waals surface area contributed by atoms with Gasteiger partial charge in [0.1, 0.15) is 10.7 Å². The van der Waals surface area contributed by atoms with Crippen LogP contribution in [0.1, 0.15) is 20.3 Å². The zero-order valence-electron chi connectivity index (χ0n) is 10.9. The Morgan fingerprint density at radius 1 is 1.32 bits per heavy atom. The summed E-state index contributed by atoms with van der Waals surface area (Å²) in [5.74, 6) is -0.633. The molecule has 1 aromatic carbocycles. The summed E-state index contributed by atoms with van der Waals surface area (Å²) in [4.78, 5) is -0.231. The number of nitrogens with one attached hydrogen (secondary N) is 2. The Morgan fingerprint density at radius 2 is 2.00 bits per heavy atom. The molecule has 7 heteroatoms. The van der Waals surface area contributed by atoms with E-state index in [0.29, 0.717) is 19.0 Å². The van der Waals surface area contributed by atoms with E-state index >= 15 is 0 Å². The van der Waals surface area contributed by atoms with Crippen molar-refractivity contribution in [2.75, 3.05) is 13.1 Å². The molecule has 0 heterocycles. The monoisotopic (exact) mass is 308 g/mol. The molecule has 19 heavy (non-hydrogen) atoms. The van der Waals surface area contributed by atoms with E-state index in [4.69, 9.17) is 11.6 Å². The van der Waals surface area contributed by atoms with Crippen molar-refractivity contribution in [3.63, 3.8) is 0 Å². The van der Waals surface area contributed by atoms with Gasteiger partial charge in [0, 0.05) is 12.6 Å². The van der Waals surface area contributed by atoms with Crippen LogP contribution in [-0.2, 0) is 10.0 Å². The largest absolute Gasteiger partial charge is 0.314 e. The van der Waals surface area contributed by atoms with Crippen LogP contribution in [0.5, 0.6) is 0 Å². The van der Waals surface area contributed by atoms with E-state index in [-0.39, 0.29) is 16.5 Å². The lowest BCUT2D eigenvalue weighted by Crippen LogP contribution is -2.30. The molecule has 108 valence electrons. The molecule has 1 aromatic rings. The summed E-state index contributed by atoms with van der Waals surface area (Å²) in [5, 5.41) is 3.18. The Kier molecular flexibility index (Phi) is 6.19. The number of rotatable bonds is 7. The molecule has 0 bridgehead atoms. The zero-order chi connectivity index (χ0) is 14.5. The first-order chi connectivity index (χ1) is 8.83. The topological polar surface area (TPSA) is 58.2 Å². The molecule has 0 aliphatic rings. The minimum atomic E-state index is -3.76. The van der Waals surface area contributed by atoms with Gasteiger partial charge in [-0.25, -0.2) is 17.5 Å². The average molecular weight is 309 g/mol. The molecular formula is C12H18ClFN2O2S. The van der Waals surface area contributed by atoms with E-state index in [2.05, 4.69) is 10.0 Å². The molecule has 0 amide bonds. The third-order valence-corrected chi connectivity index (χ3v) is 4.32. The van der Waals surface area contributed by atoms with Crippen LogP contribution < -0.4 is 10.0 Å². The van der Waals surface area contributed by atoms with E-state index in [1.807, 2.05) is 13.8 Å². The van der Waals surface area contributed by atoms with Crippen LogP contribution in [0.2, 0.25) is 5.02 Å². The molecule has 0 aliphatic heterocycles. The fourth-order valence-corrected chi connectivity index (χ4v) is 3.03. The summed E-state index contributed by atoms with van der Waals surface area (Å²) < 4.78 is 39.3. The quantitative estimate of drug-likeness (QED) is 0.759. The van der Waals surface area contributed by atoms with Crippen molar-refractivity contribution >= 4 is 21.6 Å². The van der Waals surface area contributed by atoms with Gasteiger partial charge in [0.05, 0.1) is 5.02 Å². The fraction of sp³-hybridized carbons (Fsp3) is 0.500. The van der Waals surface area contributed by atoms with Crippen molar-refractivity contribution in [2.45, 2.75) is 31.2 Å². The first kappa shape index (κ1) is 16.4. The van der Waals surface area contributed by atoms with Gasteiger partial charge in [0.2, 0.25) is 10.0 Å². The van der Waals surface area contributed by atoms with Crippen molar-refractivity contribution in [1.82, 2.24) is 10.0 Å². The highest BCUT2D eigenvalue weighted by molar-refractivity contribution is 7.89. The molecule has 0 aromatic heterocycles. The summed E-state index contributed by atoms with van der Waals surface area (Å²) in [7, 11) is -3.76. The molecule has 0 spiro atoms. The van der Waals surface area contributed by atoms with Gasteiger partial charge in [-0.3, -0.25) is 0 Å². The molecule has 2 N–H and O–H groups in total. The Balaban J connectivity index is 2.59. The van der Waals surface area contributed by atoms with E-state index in [0.717, 1.165) is 12.1 Å². The third-order valence-electron chi connectivity index (χ3n) is 2.38. The van der Waals surface area contributed by atoms with Crippen LogP contribution in [0.25, 0.3) is 0 Å². The number of sulfonamides is 1. The predicted octanol–water partition coefficient (Wildman–Crippen LogP) is 2.15. The number of halogens is 2. The Morgan fingerprint density at radius 3 is 2.63 bits per heavy atom. The van der Waals surface area contributed by atoms with Crippen LogP contribution >= 0.6 is 11.6 Å². The molecule has 0 fully saturated rings. The van der Waals surface area contributed by atoms with Crippen LogP contribution in [-0.4, -0.2) is 27.5 Å². The second-order valence-corrected chi connectivity index (χ2v) is 6.58. The Labute approximate surface area is 118 Å². The van der Waals surface area contributed by atoms with Crippen LogP contribution in [0.3, 0.4) is 0 Å². The van der Waals surface area contributed by atoms with Gasteiger partial charge in [-0.15, -0.1) is 0 Å². The summed E-state index contributed by atoms with van der Waals surface area (Å²) in [5.41, 5.74) is 0. The maximum Gasteiger partial charge on any atom is 0.242 e.